The minimum absolute atomic E-state index is 0.0956. The first-order chi connectivity index (χ1) is 16.7. The second-order valence-corrected chi connectivity index (χ2v) is 8.98. The molecule has 2 N–H and O–H groups in total. The molecule has 35 heavy (non-hydrogen) atoms. The van der Waals surface area contributed by atoms with Crippen molar-refractivity contribution in [1.82, 2.24) is 25.2 Å². The van der Waals surface area contributed by atoms with Crippen LogP contribution in [0.3, 0.4) is 0 Å². The van der Waals surface area contributed by atoms with Crippen LogP contribution in [-0.2, 0) is 17.5 Å². The normalized spacial score (nSPS) is 21.9. The van der Waals surface area contributed by atoms with E-state index in [-0.39, 0.29) is 23.3 Å². The standard InChI is InChI=1S/C23H23F4N5O3/c24-17-3-1-15(18(8-17)23(25,26)27)12-35-22(34)31-6-5-14-9-32(11-16(14)10-31)21(33)13-2-4-19-20(7-13)29-30-28-19/h1-4,7-8,14,16,22,34H,5-6,9-12H2,(H,28,29,30). The lowest BCUT2D eigenvalue weighted by molar-refractivity contribution is -0.210. The number of nitrogens with zero attached hydrogens (tertiary/aromatic N) is 4. The summed E-state index contributed by atoms with van der Waals surface area (Å²) in [5, 5.41) is 21.0. The molecule has 2 aromatic carbocycles. The second kappa shape index (κ2) is 9.17. The number of fused-ring (bicyclic) bond motifs is 2. The number of ether oxygens (including phenoxy) is 1. The Morgan fingerprint density at radius 2 is 1.89 bits per heavy atom. The molecule has 12 heteroatoms. The van der Waals surface area contributed by atoms with Crippen molar-refractivity contribution in [3.05, 3.63) is 58.9 Å². The zero-order valence-corrected chi connectivity index (χ0v) is 18.5. The number of carbonyl (C=O) groups is 1. The molecule has 3 aromatic rings. The SMILES string of the molecule is O=C(c1ccc2n[nH]nc2c1)N1CC2CCN(C(O)OCc3ccc(F)cc3C(F)(F)F)CC2C1. The summed E-state index contributed by atoms with van der Waals surface area (Å²) in [4.78, 5) is 16.5. The molecular formula is C23H23F4N5O3. The number of alkyl halides is 3. The van der Waals surface area contributed by atoms with Crippen molar-refractivity contribution in [3.63, 3.8) is 0 Å². The van der Waals surface area contributed by atoms with Crippen LogP contribution in [0.5, 0.6) is 0 Å². The van der Waals surface area contributed by atoms with Crippen LogP contribution in [0.2, 0.25) is 0 Å². The predicted octanol–water partition coefficient (Wildman–Crippen LogP) is 3.00. The summed E-state index contributed by atoms with van der Waals surface area (Å²) in [6.45, 7) is 1.49. The summed E-state index contributed by atoms with van der Waals surface area (Å²) in [5.74, 6) is -0.751. The summed E-state index contributed by atoms with van der Waals surface area (Å²) >= 11 is 0. The van der Waals surface area contributed by atoms with Gasteiger partial charge in [0.25, 0.3) is 5.91 Å². The van der Waals surface area contributed by atoms with Crippen molar-refractivity contribution in [3.8, 4) is 0 Å². The number of benzene rings is 2. The molecule has 5 rings (SSSR count). The Labute approximate surface area is 197 Å². The molecule has 0 radical (unpaired) electrons. The first-order valence-corrected chi connectivity index (χ1v) is 11.2. The van der Waals surface area contributed by atoms with Crippen LogP contribution in [0.4, 0.5) is 17.6 Å². The number of aromatic amines is 1. The van der Waals surface area contributed by atoms with Crippen molar-refractivity contribution in [2.45, 2.75) is 25.6 Å². The zero-order chi connectivity index (χ0) is 24.7. The van der Waals surface area contributed by atoms with Crippen LogP contribution in [0, 0.1) is 17.7 Å². The van der Waals surface area contributed by atoms with Crippen molar-refractivity contribution in [2.75, 3.05) is 26.2 Å². The lowest BCUT2D eigenvalue weighted by Gasteiger charge is -2.36. The number of likely N-dealkylation sites (tertiary alicyclic amines) is 2. The fraction of sp³-hybridized carbons (Fsp3) is 0.435. The lowest BCUT2D eigenvalue weighted by atomic mass is 9.89. The first-order valence-electron chi connectivity index (χ1n) is 11.2. The third kappa shape index (κ3) is 4.86. The Bertz CT molecular complexity index is 1230. The molecule has 0 aliphatic carbocycles. The molecule has 8 nitrogen and oxygen atoms in total. The Balaban J connectivity index is 1.19. The van der Waals surface area contributed by atoms with Gasteiger partial charge in [-0.05, 0) is 54.2 Å². The highest BCUT2D eigenvalue weighted by Crippen LogP contribution is 2.35. The van der Waals surface area contributed by atoms with E-state index in [9.17, 15) is 27.5 Å². The quantitative estimate of drug-likeness (QED) is 0.419. The number of nitrogens with one attached hydrogen (secondary N) is 1. The molecule has 2 saturated heterocycles. The fourth-order valence-electron chi connectivity index (χ4n) is 4.93. The van der Waals surface area contributed by atoms with E-state index in [4.69, 9.17) is 4.74 Å². The molecule has 2 aliphatic heterocycles. The number of rotatable bonds is 5. The second-order valence-electron chi connectivity index (χ2n) is 8.98. The smallest absolute Gasteiger partial charge is 0.356 e. The van der Waals surface area contributed by atoms with Gasteiger partial charge in [0, 0.05) is 31.7 Å². The highest BCUT2D eigenvalue weighted by atomic mass is 19.4. The van der Waals surface area contributed by atoms with E-state index < -0.39 is 30.6 Å². The van der Waals surface area contributed by atoms with Crippen LogP contribution in [0.1, 0.15) is 27.9 Å². The van der Waals surface area contributed by atoms with Gasteiger partial charge >= 0.3 is 6.18 Å². The Hall–Kier alpha value is -3.09. The summed E-state index contributed by atoms with van der Waals surface area (Å²) in [7, 11) is 0. The maximum absolute atomic E-state index is 13.3. The van der Waals surface area contributed by atoms with Crippen molar-refractivity contribution in [1.29, 1.82) is 0 Å². The lowest BCUT2D eigenvalue weighted by Crippen LogP contribution is -2.46. The van der Waals surface area contributed by atoms with Crippen LogP contribution < -0.4 is 0 Å². The maximum Gasteiger partial charge on any atom is 0.416 e. The fourth-order valence-corrected chi connectivity index (χ4v) is 4.93. The van der Waals surface area contributed by atoms with Crippen LogP contribution >= 0.6 is 0 Å². The minimum atomic E-state index is -4.73. The van der Waals surface area contributed by atoms with Crippen LogP contribution in [-0.4, -0.2) is 68.8 Å². The van der Waals surface area contributed by atoms with Crippen molar-refractivity contribution >= 4 is 16.9 Å². The van der Waals surface area contributed by atoms with Gasteiger partial charge in [-0.2, -0.15) is 28.6 Å². The molecule has 3 heterocycles. The van der Waals surface area contributed by atoms with Gasteiger partial charge < -0.3 is 14.7 Å². The van der Waals surface area contributed by atoms with E-state index in [0.717, 1.165) is 12.1 Å². The molecule has 3 unspecified atom stereocenters. The highest BCUT2D eigenvalue weighted by molar-refractivity contribution is 5.97. The van der Waals surface area contributed by atoms with E-state index in [0.29, 0.717) is 55.3 Å². The summed E-state index contributed by atoms with van der Waals surface area (Å²) < 4.78 is 58.3. The summed E-state index contributed by atoms with van der Waals surface area (Å²) in [6.07, 6.45) is -5.44. The number of H-pyrrole nitrogens is 1. The average molecular weight is 493 g/mol. The number of hydrogen-bond acceptors (Lipinski definition) is 6. The molecule has 2 fully saturated rings. The molecule has 0 saturated carbocycles. The number of amides is 1. The topological polar surface area (TPSA) is 94.6 Å². The number of piperidine rings is 1. The van der Waals surface area contributed by atoms with Gasteiger partial charge in [-0.3, -0.25) is 9.69 Å². The molecule has 0 spiro atoms. The average Bonchev–Trinajstić information content (AvgIpc) is 3.47. The van der Waals surface area contributed by atoms with E-state index in [1.165, 1.54) is 0 Å². The van der Waals surface area contributed by atoms with Gasteiger partial charge in [0.2, 0.25) is 6.41 Å². The van der Waals surface area contributed by atoms with Crippen molar-refractivity contribution < 1.29 is 32.2 Å². The third-order valence-corrected chi connectivity index (χ3v) is 6.76. The Morgan fingerprint density at radius 1 is 1.11 bits per heavy atom. The van der Waals surface area contributed by atoms with E-state index in [2.05, 4.69) is 15.4 Å². The molecule has 186 valence electrons. The molecule has 0 bridgehead atoms. The van der Waals surface area contributed by atoms with Crippen LogP contribution in [0.25, 0.3) is 11.0 Å². The minimum Gasteiger partial charge on any atom is -0.356 e. The zero-order valence-electron chi connectivity index (χ0n) is 18.5. The molecule has 1 aromatic heterocycles. The summed E-state index contributed by atoms with van der Waals surface area (Å²) in [5.41, 5.74) is 0.412. The summed E-state index contributed by atoms with van der Waals surface area (Å²) in [6, 6.07) is 7.49. The van der Waals surface area contributed by atoms with E-state index in [1.54, 1.807) is 28.0 Å². The number of aliphatic hydroxyl groups is 1. The number of hydrogen-bond donors (Lipinski definition) is 2. The number of aliphatic hydroxyl groups excluding tert-OH is 1. The van der Waals surface area contributed by atoms with Gasteiger partial charge in [0.15, 0.2) is 0 Å². The van der Waals surface area contributed by atoms with E-state index in [1.807, 2.05) is 0 Å². The number of aromatic nitrogens is 3. The van der Waals surface area contributed by atoms with Crippen molar-refractivity contribution in [2.24, 2.45) is 11.8 Å². The highest BCUT2D eigenvalue weighted by Gasteiger charge is 2.41. The molecule has 1 amide bonds. The van der Waals surface area contributed by atoms with Gasteiger partial charge in [-0.1, -0.05) is 6.07 Å². The molecular weight excluding hydrogens is 470 g/mol. The van der Waals surface area contributed by atoms with Gasteiger partial charge in [0.1, 0.15) is 16.9 Å². The Kier molecular flexibility index (Phi) is 6.20. The monoisotopic (exact) mass is 493 g/mol. The number of halogens is 4. The largest absolute Gasteiger partial charge is 0.416 e. The molecule has 3 atom stereocenters. The van der Waals surface area contributed by atoms with Gasteiger partial charge in [-0.25, -0.2) is 4.39 Å². The third-order valence-electron chi connectivity index (χ3n) is 6.76. The molecule has 2 aliphatic rings. The Morgan fingerprint density at radius 3 is 2.69 bits per heavy atom. The predicted molar refractivity (Wildman–Crippen MR) is 115 cm³/mol. The maximum atomic E-state index is 13.3. The van der Waals surface area contributed by atoms with Gasteiger partial charge in [0.05, 0.1) is 12.2 Å². The van der Waals surface area contributed by atoms with Gasteiger partial charge in [-0.15, -0.1) is 0 Å². The van der Waals surface area contributed by atoms with Crippen LogP contribution in [0.15, 0.2) is 36.4 Å². The first kappa shape index (κ1) is 23.6. The number of carbonyl (C=O) groups excluding carboxylic acids is 1. The van der Waals surface area contributed by atoms with E-state index >= 15 is 0 Å².